The minimum absolute atomic E-state index is 0.0834. The highest BCUT2D eigenvalue weighted by molar-refractivity contribution is 14.1. The van der Waals surface area contributed by atoms with E-state index in [1.807, 2.05) is 12.1 Å². The lowest BCUT2D eigenvalue weighted by Crippen LogP contribution is -2.19. The largest absolute Gasteiger partial charge is 0.383 e. The van der Waals surface area contributed by atoms with Gasteiger partial charge in [0.05, 0.1) is 19.3 Å². The summed E-state index contributed by atoms with van der Waals surface area (Å²) in [5.74, 6) is 1.21. The van der Waals surface area contributed by atoms with Crippen LogP contribution in [-0.2, 0) is 11.8 Å². The van der Waals surface area contributed by atoms with Crippen LogP contribution in [0.4, 0.5) is 5.82 Å². The summed E-state index contributed by atoms with van der Waals surface area (Å²) in [7, 11) is 0. The molecular weight excluding hydrogens is 420 g/mol. The number of halogens is 3. The summed E-state index contributed by atoms with van der Waals surface area (Å²) < 4.78 is 0.915. The quantitative estimate of drug-likeness (QED) is 0.685. The third-order valence-corrected chi connectivity index (χ3v) is 4.78. The first-order valence-corrected chi connectivity index (χ1v) is 8.28. The van der Waals surface area contributed by atoms with E-state index in [0.29, 0.717) is 28.1 Å². The number of benzene rings is 1. The highest BCUT2D eigenvalue weighted by Crippen LogP contribution is 2.29. The lowest BCUT2D eigenvalue weighted by Gasteiger charge is -2.21. The van der Waals surface area contributed by atoms with Crippen molar-refractivity contribution in [3.8, 4) is 0 Å². The number of nitrogens with zero attached hydrogens (tertiary/aromatic N) is 2. The van der Waals surface area contributed by atoms with Crippen LogP contribution < -0.4 is 5.73 Å². The van der Waals surface area contributed by atoms with Crippen LogP contribution in [0.1, 0.15) is 37.9 Å². The molecule has 0 spiro atoms. The second-order valence-electron chi connectivity index (χ2n) is 5.86. The molecular formula is C15H16Cl2IN3. The van der Waals surface area contributed by atoms with Crippen LogP contribution >= 0.6 is 45.8 Å². The molecule has 0 fully saturated rings. The summed E-state index contributed by atoms with van der Waals surface area (Å²) in [6.45, 7) is 6.33. The van der Waals surface area contributed by atoms with E-state index in [2.05, 4.69) is 53.3 Å². The Morgan fingerprint density at radius 2 is 1.81 bits per heavy atom. The van der Waals surface area contributed by atoms with E-state index in [1.54, 1.807) is 6.07 Å². The van der Waals surface area contributed by atoms with Crippen molar-refractivity contribution in [1.82, 2.24) is 9.97 Å². The molecule has 0 radical (unpaired) electrons. The molecule has 3 nitrogen and oxygen atoms in total. The Hall–Kier alpha value is -0.590. The van der Waals surface area contributed by atoms with Gasteiger partial charge in [-0.15, -0.1) is 0 Å². The molecule has 0 atom stereocenters. The third kappa shape index (κ3) is 3.99. The van der Waals surface area contributed by atoms with Crippen LogP contribution in [0, 0.1) is 3.57 Å². The normalized spacial score (nSPS) is 11.7. The molecule has 0 amide bonds. The van der Waals surface area contributed by atoms with Gasteiger partial charge in [-0.1, -0.05) is 50.0 Å². The molecule has 6 heteroatoms. The number of anilines is 1. The van der Waals surface area contributed by atoms with E-state index in [1.165, 1.54) is 0 Å². The molecule has 21 heavy (non-hydrogen) atoms. The molecule has 2 rings (SSSR count). The highest BCUT2D eigenvalue weighted by atomic mass is 127. The number of hydrogen-bond acceptors (Lipinski definition) is 3. The van der Waals surface area contributed by atoms with E-state index >= 15 is 0 Å². The zero-order valence-corrected chi connectivity index (χ0v) is 15.7. The van der Waals surface area contributed by atoms with Gasteiger partial charge in [0.15, 0.2) is 0 Å². The monoisotopic (exact) mass is 435 g/mol. The first kappa shape index (κ1) is 16.8. The van der Waals surface area contributed by atoms with Crippen LogP contribution in [0.25, 0.3) is 0 Å². The van der Waals surface area contributed by atoms with Crippen molar-refractivity contribution >= 4 is 51.6 Å². The van der Waals surface area contributed by atoms with Crippen LogP contribution in [-0.4, -0.2) is 9.97 Å². The van der Waals surface area contributed by atoms with Crippen LogP contribution in [0.2, 0.25) is 10.0 Å². The van der Waals surface area contributed by atoms with Gasteiger partial charge in [0, 0.05) is 11.8 Å². The summed E-state index contributed by atoms with van der Waals surface area (Å²) in [6.07, 6.45) is 0.571. The van der Waals surface area contributed by atoms with Crippen LogP contribution in [0.5, 0.6) is 0 Å². The van der Waals surface area contributed by atoms with Crippen LogP contribution in [0.3, 0.4) is 0 Å². The molecule has 2 N–H and O–H groups in total. The van der Waals surface area contributed by atoms with Gasteiger partial charge in [0.1, 0.15) is 11.6 Å². The fourth-order valence-electron chi connectivity index (χ4n) is 1.92. The molecule has 1 aromatic carbocycles. The van der Waals surface area contributed by atoms with Crippen LogP contribution in [0.15, 0.2) is 18.2 Å². The lowest BCUT2D eigenvalue weighted by molar-refractivity contribution is 0.559. The van der Waals surface area contributed by atoms with Gasteiger partial charge in [-0.05, 0) is 40.3 Å². The Morgan fingerprint density at radius 3 is 2.38 bits per heavy atom. The Kier molecular flexibility index (Phi) is 5.00. The van der Waals surface area contributed by atoms with Gasteiger partial charge in [-0.25, -0.2) is 9.97 Å². The summed E-state index contributed by atoms with van der Waals surface area (Å²) in [6, 6.07) is 5.53. The van der Waals surface area contributed by atoms with E-state index in [4.69, 9.17) is 28.9 Å². The maximum absolute atomic E-state index is 6.04. The van der Waals surface area contributed by atoms with Gasteiger partial charge in [-0.3, -0.25) is 0 Å². The fourth-order valence-corrected chi connectivity index (χ4v) is 3.29. The maximum atomic E-state index is 6.04. The Bertz CT molecular complexity index is 681. The predicted molar refractivity (Wildman–Crippen MR) is 97.1 cm³/mol. The molecule has 112 valence electrons. The van der Waals surface area contributed by atoms with Crippen molar-refractivity contribution < 1.29 is 0 Å². The minimum Gasteiger partial charge on any atom is -0.383 e. The minimum atomic E-state index is -0.0834. The van der Waals surface area contributed by atoms with Crippen molar-refractivity contribution in [2.45, 2.75) is 32.6 Å². The number of rotatable bonds is 2. The molecule has 0 saturated carbocycles. The molecule has 0 aliphatic heterocycles. The Morgan fingerprint density at radius 1 is 1.14 bits per heavy atom. The zero-order valence-electron chi connectivity index (χ0n) is 12.0. The first-order valence-electron chi connectivity index (χ1n) is 6.45. The average molecular weight is 436 g/mol. The van der Waals surface area contributed by atoms with Crippen molar-refractivity contribution in [2.24, 2.45) is 0 Å². The molecule has 0 saturated heterocycles. The van der Waals surface area contributed by atoms with Gasteiger partial charge in [0.25, 0.3) is 0 Å². The van der Waals surface area contributed by atoms with Crippen molar-refractivity contribution in [2.75, 3.05) is 5.73 Å². The van der Waals surface area contributed by atoms with Gasteiger partial charge < -0.3 is 5.73 Å². The number of nitrogen functional groups attached to an aromatic ring is 1. The number of hydrogen-bond donors (Lipinski definition) is 1. The average Bonchev–Trinajstić information content (AvgIpc) is 2.36. The van der Waals surface area contributed by atoms with Gasteiger partial charge >= 0.3 is 0 Å². The second-order valence-corrected chi connectivity index (χ2v) is 7.76. The maximum Gasteiger partial charge on any atom is 0.140 e. The predicted octanol–water partition coefficient (Wildman–Crippen LogP) is 4.86. The molecule has 1 heterocycles. The summed E-state index contributed by atoms with van der Waals surface area (Å²) in [5, 5.41) is 1.07. The Balaban J connectivity index is 2.41. The summed E-state index contributed by atoms with van der Waals surface area (Å²) in [5.41, 5.74) is 7.90. The van der Waals surface area contributed by atoms with Crippen molar-refractivity contribution in [1.29, 1.82) is 0 Å². The number of aromatic nitrogens is 2. The summed E-state index contributed by atoms with van der Waals surface area (Å²) >= 11 is 14.2. The fraction of sp³-hybridized carbons (Fsp3) is 0.333. The van der Waals surface area contributed by atoms with Gasteiger partial charge in [-0.2, -0.15) is 0 Å². The van der Waals surface area contributed by atoms with Crippen molar-refractivity contribution in [3.63, 3.8) is 0 Å². The van der Waals surface area contributed by atoms with E-state index in [0.717, 1.165) is 14.8 Å². The first-order chi connectivity index (χ1) is 9.68. The molecule has 0 bridgehead atoms. The highest BCUT2D eigenvalue weighted by Gasteiger charge is 2.22. The SMILES string of the molecule is CC(C)(C)c1nc(Cc2ccc(Cl)c(Cl)c2)nc(N)c1I. The number of nitrogens with two attached hydrogens (primary N) is 1. The second kappa shape index (κ2) is 6.26. The smallest absolute Gasteiger partial charge is 0.140 e. The summed E-state index contributed by atoms with van der Waals surface area (Å²) in [4.78, 5) is 9.05. The molecule has 0 aliphatic carbocycles. The topological polar surface area (TPSA) is 51.8 Å². The van der Waals surface area contributed by atoms with E-state index in [-0.39, 0.29) is 5.41 Å². The molecule has 0 aliphatic rings. The van der Waals surface area contributed by atoms with E-state index in [9.17, 15) is 0 Å². The zero-order chi connectivity index (χ0) is 15.8. The van der Waals surface area contributed by atoms with Gasteiger partial charge in [0.2, 0.25) is 0 Å². The third-order valence-electron chi connectivity index (χ3n) is 2.98. The molecule has 0 unspecified atom stereocenters. The molecule has 2 aromatic rings. The Labute approximate surface area is 148 Å². The van der Waals surface area contributed by atoms with Crippen molar-refractivity contribution in [3.05, 3.63) is 48.9 Å². The lowest BCUT2D eigenvalue weighted by atomic mass is 9.92. The standard InChI is InChI=1S/C15H16Cl2IN3/c1-15(2,3)13-12(18)14(19)21-11(20-13)7-8-4-5-9(16)10(17)6-8/h4-6H,7H2,1-3H3,(H2,19,20,21). The molecule has 1 aromatic heterocycles. The van der Waals surface area contributed by atoms with E-state index < -0.39 is 0 Å².